The Morgan fingerprint density at radius 2 is 2.25 bits per heavy atom. The van der Waals surface area contributed by atoms with Crippen LogP contribution in [0.1, 0.15) is 6.42 Å². The zero-order valence-electron chi connectivity index (χ0n) is 8.93. The van der Waals surface area contributed by atoms with E-state index in [4.69, 9.17) is 0 Å². The van der Waals surface area contributed by atoms with Crippen molar-refractivity contribution >= 4 is 11.8 Å². The van der Waals surface area contributed by atoms with Crippen LogP contribution in [0.15, 0.2) is 18.5 Å². The highest BCUT2D eigenvalue weighted by Gasteiger charge is 2.19. The summed E-state index contributed by atoms with van der Waals surface area (Å²) in [6, 6.07) is 1.84. The maximum Gasteiger partial charge on any atom is 0.242 e. The summed E-state index contributed by atoms with van der Waals surface area (Å²) in [6.45, 7) is 1.85. The van der Waals surface area contributed by atoms with Crippen LogP contribution in [0.25, 0.3) is 0 Å². The van der Waals surface area contributed by atoms with Gasteiger partial charge < -0.3 is 10.2 Å². The van der Waals surface area contributed by atoms with E-state index in [2.05, 4.69) is 10.4 Å². The standard InChI is InChI=1S/C10H14N4O2/c15-9-2-5-13(10(16)8-11-9)6-7-14-4-1-3-12-14/h1,3-4H,2,5-8H2,(H,11,15). The highest BCUT2D eigenvalue weighted by atomic mass is 16.2. The number of aromatic nitrogens is 2. The lowest BCUT2D eigenvalue weighted by Crippen LogP contribution is -2.37. The van der Waals surface area contributed by atoms with Crippen LogP contribution < -0.4 is 5.32 Å². The zero-order valence-corrected chi connectivity index (χ0v) is 8.93. The van der Waals surface area contributed by atoms with Crippen molar-refractivity contribution in [2.24, 2.45) is 0 Å². The van der Waals surface area contributed by atoms with Gasteiger partial charge in [0.2, 0.25) is 11.8 Å². The summed E-state index contributed by atoms with van der Waals surface area (Å²) in [5.41, 5.74) is 0. The molecule has 1 N–H and O–H groups in total. The summed E-state index contributed by atoms with van der Waals surface area (Å²) in [5, 5.41) is 6.63. The van der Waals surface area contributed by atoms with Crippen molar-refractivity contribution in [3.8, 4) is 0 Å². The minimum atomic E-state index is -0.0602. The Labute approximate surface area is 93.2 Å². The Hall–Kier alpha value is -1.85. The first-order chi connectivity index (χ1) is 7.75. The molecule has 1 saturated heterocycles. The second-order valence-corrected chi connectivity index (χ2v) is 3.68. The Morgan fingerprint density at radius 3 is 3.00 bits per heavy atom. The second kappa shape index (κ2) is 4.78. The molecule has 0 bridgehead atoms. The van der Waals surface area contributed by atoms with Gasteiger partial charge in [0.15, 0.2) is 0 Å². The van der Waals surface area contributed by atoms with Crippen LogP contribution in [0.3, 0.4) is 0 Å². The minimum Gasteiger partial charge on any atom is -0.347 e. The van der Waals surface area contributed by atoms with Crippen LogP contribution in [-0.2, 0) is 16.1 Å². The highest BCUT2D eigenvalue weighted by molar-refractivity contribution is 5.87. The first-order valence-corrected chi connectivity index (χ1v) is 5.27. The smallest absolute Gasteiger partial charge is 0.242 e. The van der Waals surface area contributed by atoms with Crippen molar-refractivity contribution in [3.05, 3.63) is 18.5 Å². The van der Waals surface area contributed by atoms with Crippen molar-refractivity contribution in [3.63, 3.8) is 0 Å². The number of nitrogens with one attached hydrogen (secondary N) is 1. The van der Waals surface area contributed by atoms with E-state index >= 15 is 0 Å². The van der Waals surface area contributed by atoms with E-state index < -0.39 is 0 Å². The molecular weight excluding hydrogens is 208 g/mol. The zero-order chi connectivity index (χ0) is 11.4. The number of carbonyl (C=O) groups excluding carboxylic acids is 2. The van der Waals surface area contributed by atoms with Gasteiger partial charge in [0.1, 0.15) is 0 Å². The molecule has 0 saturated carbocycles. The van der Waals surface area contributed by atoms with Crippen LogP contribution in [0.5, 0.6) is 0 Å². The molecule has 0 aromatic carbocycles. The number of carbonyl (C=O) groups is 2. The van der Waals surface area contributed by atoms with Gasteiger partial charge in [-0.25, -0.2) is 0 Å². The SMILES string of the molecule is O=C1CCN(CCn2cccn2)C(=O)CN1. The normalized spacial score (nSPS) is 17.1. The summed E-state index contributed by atoms with van der Waals surface area (Å²) in [4.78, 5) is 24.4. The van der Waals surface area contributed by atoms with Crippen molar-refractivity contribution in [1.82, 2.24) is 20.0 Å². The lowest BCUT2D eigenvalue weighted by Gasteiger charge is -2.19. The maximum absolute atomic E-state index is 11.6. The quantitative estimate of drug-likeness (QED) is 0.730. The molecule has 6 nitrogen and oxygen atoms in total. The Kier molecular flexibility index (Phi) is 3.19. The molecule has 2 rings (SSSR count). The number of amides is 2. The summed E-state index contributed by atoms with van der Waals surface area (Å²) in [7, 11) is 0. The van der Waals surface area contributed by atoms with E-state index in [9.17, 15) is 9.59 Å². The summed E-state index contributed by atoms with van der Waals surface area (Å²) >= 11 is 0. The predicted molar refractivity (Wildman–Crippen MR) is 56.4 cm³/mol. The summed E-state index contributed by atoms with van der Waals surface area (Å²) in [5.74, 6) is -0.0899. The molecule has 0 radical (unpaired) electrons. The molecule has 0 atom stereocenters. The molecular formula is C10H14N4O2. The molecule has 1 aliphatic heterocycles. The van der Waals surface area contributed by atoms with Gasteiger partial charge >= 0.3 is 0 Å². The summed E-state index contributed by atoms with van der Waals surface area (Å²) in [6.07, 6.45) is 3.94. The highest BCUT2D eigenvalue weighted by Crippen LogP contribution is 1.98. The minimum absolute atomic E-state index is 0.0296. The van der Waals surface area contributed by atoms with Crippen LogP contribution >= 0.6 is 0 Å². The third-order valence-electron chi connectivity index (χ3n) is 2.56. The van der Waals surface area contributed by atoms with Gasteiger partial charge in [-0.05, 0) is 6.07 Å². The van der Waals surface area contributed by atoms with Gasteiger partial charge in [-0.15, -0.1) is 0 Å². The van der Waals surface area contributed by atoms with E-state index in [1.807, 2.05) is 12.3 Å². The average Bonchev–Trinajstić information content (AvgIpc) is 2.73. The Morgan fingerprint density at radius 1 is 1.38 bits per heavy atom. The van der Waals surface area contributed by atoms with Crippen molar-refractivity contribution in [1.29, 1.82) is 0 Å². The first kappa shape index (κ1) is 10.7. The Balaban J connectivity index is 1.88. The van der Waals surface area contributed by atoms with E-state index in [1.54, 1.807) is 15.8 Å². The maximum atomic E-state index is 11.6. The van der Waals surface area contributed by atoms with E-state index in [0.717, 1.165) is 0 Å². The fourth-order valence-corrected chi connectivity index (χ4v) is 1.63. The third kappa shape index (κ3) is 2.59. The van der Waals surface area contributed by atoms with Gasteiger partial charge in [-0.1, -0.05) is 0 Å². The molecule has 2 amide bonds. The third-order valence-corrected chi connectivity index (χ3v) is 2.56. The molecule has 0 spiro atoms. The van der Waals surface area contributed by atoms with Crippen molar-refractivity contribution < 1.29 is 9.59 Å². The largest absolute Gasteiger partial charge is 0.347 e. The monoisotopic (exact) mass is 222 g/mol. The fraction of sp³-hybridized carbons (Fsp3) is 0.500. The lowest BCUT2D eigenvalue weighted by atomic mass is 10.3. The molecule has 1 aliphatic rings. The van der Waals surface area contributed by atoms with Crippen LogP contribution in [0.2, 0.25) is 0 Å². The molecule has 0 aliphatic carbocycles. The van der Waals surface area contributed by atoms with E-state index in [1.165, 1.54) is 0 Å². The van der Waals surface area contributed by atoms with Gasteiger partial charge in [0.25, 0.3) is 0 Å². The molecule has 86 valence electrons. The van der Waals surface area contributed by atoms with Crippen molar-refractivity contribution in [2.45, 2.75) is 13.0 Å². The van der Waals surface area contributed by atoms with Gasteiger partial charge in [0, 0.05) is 31.9 Å². The molecule has 16 heavy (non-hydrogen) atoms. The molecule has 1 aromatic rings. The summed E-state index contributed by atoms with van der Waals surface area (Å²) < 4.78 is 1.77. The van der Waals surface area contributed by atoms with Crippen molar-refractivity contribution in [2.75, 3.05) is 19.6 Å². The van der Waals surface area contributed by atoms with E-state index in [0.29, 0.717) is 26.1 Å². The van der Waals surface area contributed by atoms with E-state index in [-0.39, 0.29) is 18.4 Å². The van der Waals surface area contributed by atoms with Crippen LogP contribution in [0, 0.1) is 0 Å². The predicted octanol–water partition coefficient (Wildman–Crippen LogP) is -0.768. The molecule has 2 heterocycles. The topological polar surface area (TPSA) is 67.2 Å². The lowest BCUT2D eigenvalue weighted by molar-refractivity contribution is -0.130. The second-order valence-electron chi connectivity index (χ2n) is 3.68. The molecule has 1 fully saturated rings. The molecule has 0 unspecified atom stereocenters. The first-order valence-electron chi connectivity index (χ1n) is 5.27. The average molecular weight is 222 g/mol. The van der Waals surface area contributed by atoms with Gasteiger partial charge in [-0.2, -0.15) is 5.10 Å². The molecule has 6 heteroatoms. The fourth-order valence-electron chi connectivity index (χ4n) is 1.63. The number of nitrogens with zero attached hydrogens (tertiary/aromatic N) is 3. The van der Waals surface area contributed by atoms with Gasteiger partial charge in [-0.3, -0.25) is 14.3 Å². The number of hydrogen-bond acceptors (Lipinski definition) is 3. The van der Waals surface area contributed by atoms with Crippen LogP contribution in [-0.4, -0.2) is 46.1 Å². The van der Waals surface area contributed by atoms with Crippen LogP contribution in [0.4, 0.5) is 0 Å². The number of hydrogen-bond donors (Lipinski definition) is 1. The Bertz CT molecular complexity index is 374. The molecule has 1 aromatic heterocycles. The van der Waals surface area contributed by atoms with Gasteiger partial charge in [0.05, 0.1) is 13.1 Å². The number of rotatable bonds is 3.